The van der Waals surface area contributed by atoms with E-state index in [2.05, 4.69) is 4.37 Å². The van der Waals surface area contributed by atoms with Crippen molar-refractivity contribution in [2.24, 2.45) is 0 Å². The first-order valence-corrected chi connectivity index (χ1v) is 5.69. The Morgan fingerprint density at radius 2 is 2.00 bits per heavy atom. The van der Waals surface area contributed by atoms with Gasteiger partial charge in [-0.05, 0) is 24.0 Å². The minimum Gasteiger partial charge on any atom is -0.392 e. The summed E-state index contributed by atoms with van der Waals surface area (Å²) in [6.45, 7) is 1.97. The lowest BCUT2D eigenvalue weighted by molar-refractivity contribution is 0.282. The van der Waals surface area contributed by atoms with E-state index in [1.165, 1.54) is 17.1 Å². The summed E-state index contributed by atoms with van der Waals surface area (Å²) >= 11 is 7.18. The van der Waals surface area contributed by atoms with Crippen LogP contribution in [0.4, 0.5) is 0 Å². The standard InChI is InChI=1S/C11H10ClNOS/c1-7-2-4-8(5-3-7)10-9(6-14)11(12)13-15-10/h2-5,14H,6H2,1H3. The summed E-state index contributed by atoms with van der Waals surface area (Å²) in [6, 6.07) is 8.09. The van der Waals surface area contributed by atoms with E-state index in [9.17, 15) is 5.11 Å². The fraction of sp³-hybridized carbons (Fsp3) is 0.182. The molecule has 4 heteroatoms. The van der Waals surface area contributed by atoms with Crippen LogP contribution in [0.5, 0.6) is 0 Å². The number of aliphatic hydroxyl groups excluding tert-OH is 1. The molecule has 0 spiro atoms. The Balaban J connectivity index is 2.49. The van der Waals surface area contributed by atoms with E-state index in [-0.39, 0.29) is 6.61 Å². The van der Waals surface area contributed by atoms with Crippen molar-refractivity contribution < 1.29 is 5.11 Å². The lowest BCUT2D eigenvalue weighted by Crippen LogP contribution is -1.84. The van der Waals surface area contributed by atoms with Crippen LogP contribution in [0, 0.1) is 6.92 Å². The Bertz CT molecular complexity index is 464. The number of halogens is 1. The normalized spacial score (nSPS) is 10.6. The molecule has 1 aromatic carbocycles. The van der Waals surface area contributed by atoms with Gasteiger partial charge in [-0.3, -0.25) is 0 Å². The van der Waals surface area contributed by atoms with E-state index >= 15 is 0 Å². The molecule has 1 heterocycles. The van der Waals surface area contributed by atoms with E-state index in [1.54, 1.807) is 0 Å². The van der Waals surface area contributed by atoms with E-state index in [4.69, 9.17) is 11.6 Å². The number of rotatable bonds is 2. The van der Waals surface area contributed by atoms with Crippen molar-refractivity contribution in [2.45, 2.75) is 13.5 Å². The molecule has 2 rings (SSSR count). The van der Waals surface area contributed by atoms with E-state index in [0.717, 1.165) is 10.4 Å². The summed E-state index contributed by atoms with van der Waals surface area (Å²) in [5.41, 5.74) is 2.97. The van der Waals surface area contributed by atoms with E-state index in [1.807, 2.05) is 31.2 Å². The van der Waals surface area contributed by atoms with Gasteiger partial charge in [0.1, 0.15) is 5.15 Å². The van der Waals surface area contributed by atoms with Gasteiger partial charge in [0.25, 0.3) is 0 Å². The molecule has 0 bridgehead atoms. The fourth-order valence-corrected chi connectivity index (χ4v) is 2.47. The van der Waals surface area contributed by atoms with E-state index in [0.29, 0.717) is 10.7 Å². The third-order valence-corrected chi connectivity index (χ3v) is 3.56. The second-order valence-electron chi connectivity index (χ2n) is 3.31. The molecule has 0 aliphatic rings. The van der Waals surface area contributed by atoms with Crippen molar-refractivity contribution >= 4 is 23.1 Å². The van der Waals surface area contributed by atoms with Crippen molar-refractivity contribution in [3.63, 3.8) is 0 Å². The molecule has 1 N–H and O–H groups in total. The number of aliphatic hydroxyl groups is 1. The summed E-state index contributed by atoms with van der Waals surface area (Å²) in [7, 11) is 0. The number of benzene rings is 1. The zero-order valence-electron chi connectivity index (χ0n) is 8.20. The maximum atomic E-state index is 9.19. The molecule has 0 saturated carbocycles. The highest BCUT2D eigenvalue weighted by atomic mass is 35.5. The number of hydrogen-bond acceptors (Lipinski definition) is 3. The minimum absolute atomic E-state index is 0.0709. The molecule has 2 nitrogen and oxygen atoms in total. The maximum Gasteiger partial charge on any atom is 0.148 e. The van der Waals surface area contributed by atoms with Crippen LogP contribution in [0.2, 0.25) is 5.15 Å². The molecule has 0 radical (unpaired) electrons. The van der Waals surface area contributed by atoms with Gasteiger partial charge in [0.15, 0.2) is 0 Å². The minimum atomic E-state index is -0.0709. The van der Waals surface area contributed by atoms with Crippen LogP contribution in [-0.2, 0) is 6.61 Å². The average Bonchev–Trinajstić information content (AvgIpc) is 2.61. The highest BCUT2D eigenvalue weighted by Gasteiger charge is 2.12. The first kappa shape index (κ1) is 10.6. The van der Waals surface area contributed by atoms with Crippen molar-refractivity contribution in [1.82, 2.24) is 4.37 Å². The third-order valence-electron chi connectivity index (χ3n) is 2.21. The van der Waals surface area contributed by atoms with Crippen molar-refractivity contribution in [2.75, 3.05) is 0 Å². The topological polar surface area (TPSA) is 33.1 Å². The highest BCUT2D eigenvalue weighted by molar-refractivity contribution is 7.10. The molecule has 0 aliphatic carbocycles. The molecular formula is C11H10ClNOS. The van der Waals surface area contributed by atoms with Gasteiger partial charge < -0.3 is 5.11 Å². The monoisotopic (exact) mass is 239 g/mol. The maximum absolute atomic E-state index is 9.19. The zero-order chi connectivity index (χ0) is 10.8. The molecule has 1 aromatic heterocycles. The fourth-order valence-electron chi connectivity index (χ4n) is 1.36. The summed E-state index contributed by atoms with van der Waals surface area (Å²) < 4.78 is 4.03. The van der Waals surface area contributed by atoms with Crippen molar-refractivity contribution in [3.8, 4) is 10.4 Å². The summed E-state index contributed by atoms with van der Waals surface area (Å²) in [5, 5.41) is 9.59. The second kappa shape index (κ2) is 4.31. The van der Waals surface area contributed by atoms with Gasteiger partial charge in [0.2, 0.25) is 0 Å². The molecule has 0 unspecified atom stereocenters. The van der Waals surface area contributed by atoms with Crippen LogP contribution in [0.25, 0.3) is 10.4 Å². The van der Waals surface area contributed by atoms with Gasteiger partial charge in [-0.1, -0.05) is 41.4 Å². The molecule has 78 valence electrons. The predicted molar refractivity (Wildman–Crippen MR) is 63.2 cm³/mol. The largest absolute Gasteiger partial charge is 0.392 e. The number of aromatic nitrogens is 1. The van der Waals surface area contributed by atoms with Crippen LogP contribution >= 0.6 is 23.1 Å². The zero-order valence-corrected chi connectivity index (χ0v) is 9.77. The molecule has 0 aliphatic heterocycles. The molecule has 0 amide bonds. The third kappa shape index (κ3) is 2.04. The quantitative estimate of drug-likeness (QED) is 0.873. The van der Waals surface area contributed by atoms with Gasteiger partial charge in [0, 0.05) is 5.56 Å². The molecule has 0 fully saturated rings. The lowest BCUT2D eigenvalue weighted by Gasteiger charge is -2.00. The number of aryl methyl sites for hydroxylation is 1. The van der Waals surface area contributed by atoms with Crippen LogP contribution < -0.4 is 0 Å². The van der Waals surface area contributed by atoms with Crippen LogP contribution in [0.3, 0.4) is 0 Å². The van der Waals surface area contributed by atoms with Gasteiger partial charge in [0.05, 0.1) is 11.5 Å². The second-order valence-corrected chi connectivity index (χ2v) is 4.44. The summed E-state index contributed by atoms with van der Waals surface area (Å²) in [5.74, 6) is 0. The highest BCUT2D eigenvalue weighted by Crippen LogP contribution is 2.32. The Labute approximate surface area is 97.3 Å². The molecule has 15 heavy (non-hydrogen) atoms. The number of nitrogens with zero attached hydrogens (tertiary/aromatic N) is 1. The van der Waals surface area contributed by atoms with Crippen LogP contribution in [0.1, 0.15) is 11.1 Å². The lowest BCUT2D eigenvalue weighted by atomic mass is 10.1. The molecule has 0 atom stereocenters. The van der Waals surface area contributed by atoms with Crippen LogP contribution in [-0.4, -0.2) is 9.48 Å². The van der Waals surface area contributed by atoms with E-state index < -0.39 is 0 Å². The Hall–Kier alpha value is -0.900. The molecular weight excluding hydrogens is 230 g/mol. The summed E-state index contributed by atoms with van der Waals surface area (Å²) in [6.07, 6.45) is 0. The summed E-state index contributed by atoms with van der Waals surface area (Å²) in [4.78, 5) is 0.947. The predicted octanol–water partition coefficient (Wildman–Crippen LogP) is 3.26. The van der Waals surface area contributed by atoms with Gasteiger partial charge in [-0.15, -0.1) is 0 Å². The van der Waals surface area contributed by atoms with Crippen molar-refractivity contribution in [3.05, 3.63) is 40.5 Å². The molecule has 2 aromatic rings. The van der Waals surface area contributed by atoms with Crippen molar-refractivity contribution in [1.29, 1.82) is 0 Å². The Morgan fingerprint density at radius 3 is 2.60 bits per heavy atom. The average molecular weight is 240 g/mol. The smallest absolute Gasteiger partial charge is 0.148 e. The first-order valence-electron chi connectivity index (χ1n) is 4.54. The van der Waals surface area contributed by atoms with Gasteiger partial charge in [-0.25, -0.2) is 0 Å². The molecule has 0 saturated heterocycles. The Morgan fingerprint density at radius 1 is 1.33 bits per heavy atom. The van der Waals surface area contributed by atoms with Gasteiger partial charge in [-0.2, -0.15) is 4.37 Å². The Kier molecular flexibility index (Phi) is 3.05. The number of hydrogen-bond donors (Lipinski definition) is 1. The SMILES string of the molecule is Cc1ccc(-c2snc(Cl)c2CO)cc1. The van der Waals surface area contributed by atoms with Crippen LogP contribution in [0.15, 0.2) is 24.3 Å². The first-order chi connectivity index (χ1) is 7.22. The van der Waals surface area contributed by atoms with Gasteiger partial charge >= 0.3 is 0 Å².